The lowest BCUT2D eigenvalue weighted by Gasteiger charge is -2.26. The fourth-order valence-corrected chi connectivity index (χ4v) is 4.06. The van der Waals surface area contributed by atoms with Gasteiger partial charge in [0.1, 0.15) is 11.9 Å². The van der Waals surface area contributed by atoms with Crippen LogP contribution in [0.15, 0.2) is 48.5 Å². The van der Waals surface area contributed by atoms with Crippen molar-refractivity contribution < 1.29 is 9.47 Å². The van der Waals surface area contributed by atoms with Crippen LogP contribution >= 0.6 is 0 Å². The predicted molar refractivity (Wildman–Crippen MR) is 99.7 cm³/mol. The van der Waals surface area contributed by atoms with E-state index in [-0.39, 0.29) is 6.10 Å². The van der Waals surface area contributed by atoms with Gasteiger partial charge in [-0.05, 0) is 36.0 Å². The second-order valence-electron chi connectivity index (χ2n) is 7.17. The third kappa shape index (κ3) is 4.05. The highest BCUT2D eigenvalue weighted by atomic mass is 16.7. The smallest absolute Gasteiger partial charge is 0.189 e. The monoisotopic (exact) mass is 337 g/mol. The quantitative estimate of drug-likeness (QED) is 0.839. The van der Waals surface area contributed by atoms with Crippen molar-refractivity contribution in [2.24, 2.45) is 0 Å². The Kier molecular flexibility index (Phi) is 5.34. The number of hydrogen-bond donors (Lipinski definition) is 1. The fourth-order valence-electron chi connectivity index (χ4n) is 4.06. The Hall–Kier alpha value is -1.84. The van der Waals surface area contributed by atoms with Crippen molar-refractivity contribution in [1.82, 2.24) is 5.32 Å². The summed E-state index contributed by atoms with van der Waals surface area (Å²) in [5, 5.41) is 3.56. The zero-order valence-electron chi connectivity index (χ0n) is 14.7. The largest absolute Gasteiger partial charge is 0.467 e. The van der Waals surface area contributed by atoms with Gasteiger partial charge in [0.15, 0.2) is 6.79 Å². The summed E-state index contributed by atoms with van der Waals surface area (Å²) in [6.07, 6.45) is 6.94. The average molecular weight is 337 g/mol. The van der Waals surface area contributed by atoms with Crippen molar-refractivity contribution in [3.8, 4) is 5.75 Å². The molecule has 25 heavy (non-hydrogen) atoms. The van der Waals surface area contributed by atoms with Crippen LogP contribution in [0.2, 0.25) is 0 Å². The van der Waals surface area contributed by atoms with E-state index in [1.54, 1.807) is 0 Å². The van der Waals surface area contributed by atoms with Gasteiger partial charge in [-0.15, -0.1) is 0 Å². The molecule has 0 spiro atoms. The van der Waals surface area contributed by atoms with Crippen LogP contribution in [0.3, 0.4) is 0 Å². The summed E-state index contributed by atoms with van der Waals surface area (Å²) in [6, 6.07) is 17.3. The Morgan fingerprint density at radius 1 is 0.960 bits per heavy atom. The summed E-state index contributed by atoms with van der Waals surface area (Å²) in [5.41, 5.74) is 4.02. The second kappa shape index (κ2) is 8.03. The van der Waals surface area contributed by atoms with Crippen molar-refractivity contribution in [3.63, 3.8) is 0 Å². The molecule has 1 saturated carbocycles. The zero-order valence-corrected chi connectivity index (χ0v) is 14.7. The third-order valence-electron chi connectivity index (χ3n) is 5.44. The van der Waals surface area contributed by atoms with Gasteiger partial charge in [0, 0.05) is 18.7 Å². The average Bonchev–Trinajstić information content (AvgIpc) is 2.69. The maximum atomic E-state index is 5.78. The lowest BCUT2D eigenvalue weighted by Crippen LogP contribution is -2.27. The SMILES string of the molecule is c1cc(CNCC2OCOc3ccccc32)cc(C2CCCCC2)c1. The summed E-state index contributed by atoms with van der Waals surface area (Å²) in [7, 11) is 0. The molecule has 2 aromatic carbocycles. The van der Waals surface area contributed by atoms with Gasteiger partial charge in [0.25, 0.3) is 0 Å². The van der Waals surface area contributed by atoms with Crippen LogP contribution < -0.4 is 10.1 Å². The molecule has 0 amide bonds. The number of ether oxygens (including phenoxy) is 2. The molecule has 0 aromatic heterocycles. The molecule has 2 aromatic rings. The molecule has 1 aliphatic heterocycles. The van der Waals surface area contributed by atoms with Gasteiger partial charge in [-0.2, -0.15) is 0 Å². The van der Waals surface area contributed by atoms with Crippen molar-refractivity contribution in [2.45, 2.75) is 50.7 Å². The van der Waals surface area contributed by atoms with E-state index in [2.05, 4.69) is 35.6 Å². The Morgan fingerprint density at radius 3 is 2.76 bits per heavy atom. The number of para-hydroxylation sites is 1. The third-order valence-corrected chi connectivity index (χ3v) is 5.44. The first-order chi connectivity index (χ1) is 12.4. The van der Waals surface area contributed by atoms with Gasteiger partial charge < -0.3 is 14.8 Å². The maximum absolute atomic E-state index is 5.78. The van der Waals surface area contributed by atoms with Crippen LogP contribution in [-0.4, -0.2) is 13.3 Å². The standard InChI is InChI=1S/C22H27NO2/c1-2-8-18(9-3-1)19-10-6-7-17(13-19)14-23-15-22-20-11-4-5-12-21(20)24-16-25-22/h4-7,10-13,18,22-23H,1-3,8-9,14-16H2. The Bertz CT molecular complexity index is 694. The van der Waals surface area contributed by atoms with Crippen LogP contribution in [0.1, 0.15) is 60.8 Å². The lowest BCUT2D eigenvalue weighted by molar-refractivity contribution is -0.0584. The maximum Gasteiger partial charge on any atom is 0.189 e. The highest BCUT2D eigenvalue weighted by Gasteiger charge is 2.21. The first kappa shape index (κ1) is 16.6. The molecular weight excluding hydrogens is 310 g/mol. The van der Waals surface area contributed by atoms with Crippen LogP contribution in [0.4, 0.5) is 0 Å². The number of hydrogen-bond acceptors (Lipinski definition) is 3. The topological polar surface area (TPSA) is 30.5 Å². The van der Waals surface area contributed by atoms with Crippen LogP contribution in [0.5, 0.6) is 5.75 Å². The molecule has 1 aliphatic carbocycles. The number of nitrogens with one attached hydrogen (secondary N) is 1. The molecule has 0 bridgehead atoms. The Morgan fingerprint density at radius 2 is 1.84 bits per heavy atom. The molecule has 1 heterocycles. The van der Waals surface area contributed by atoms with Crippen LogP contribution in [-0.2, 0) is 11.3 Å². The van der Waals surface area contributed by atoms with Crippen molar-refractivity contribution in [2.75, 3.05) is 13.3 Å². The zero-order chi connectivity index (χ0) is 16.9. The van der Waals surface area contributed by atoms with Gasteiger partial charge >= 0.3 is 0 Å². The molecule has 4 rings (SSSR count). The molecule has 3 nitrogen and oxygen atoms in total. The van der Waals surface area contributed by atoms with E-state index < -0.39 is 0 Å². The highest BCUT2D eigenvalue weighted by molar-refractivity contribution is 5.36. The minimum Gasteiger partial charge on any atom is -0.467 e. The molecule has 1 fully saturated rings. The van der Waals surface area contributed by atoms with Crippen molar-refractivity contribution >= 4 is 0 Å². The minimum absolute atomic E-state index is 0.0616. The van der Waals surface area contributed by atoms with E-state index in [9.17, 15) is 0 Å². The fraction of sp³-hybridized carbons (Fsp3) is 0.455. The summed E-state index contributed by atoms with van der Waals surface area (Å²) < 4.78 is 11.3. The Balaban J connectivity index is 1.35. The molecule has 2 aliphatic rings. The van der Waals surface area contributed by atoms with Crippen LogP contribution in [0, 0.1) is 0 Å². The molecule has 0 radical (unpaired) electrons. The van der Waals surface area contributed by atoms with E-state index in [1.807, 2.05) is 18.2 Å². The summed E-state index contributed by atoms with van der Waals surface area (Å²) in [4.78, 5) is 0. The highest BCUT2D eigenvalue weighted by Crippen LogP contribution is 2.33. The Labute approximate surface area is 150 Å². The normalized spacial score (nSPS) is 20.7. The molecular formula is C22H27NO2. The van der Waals surface area contributed by atoms with Gasteiger partial charge in [0.05, 0.1) is 0 Å². The van der Waals surface area contributed by atoms with Gasteiger partial charge in [0.2, 0.25) is 0 Å². The van der Waals surface area contributed by atoms with Gasteiger partial charge in [-0.3, -0.25) is 0 Å². The molecule has 132 valence electrons. The molecule has 1 atom stereocenters. The van der Waals surface area contributed by atoms with E-state index in [1.165, 1.54) is 43.2 Å². The number of fused-ring (bicyclic) bond motifs is 1. The summed E-state index contributed by atoms with van der Waals surface area (Å²) in [5.74, 6) is 1.71. The molecule has 1 unspecified atom stereocenters. The summed E-state index contributed by atoms with van der Waals surface area (Å²) >= 11 is 0. The lowest BCUT2D eigenvalue weighted by atomic mass is 9.83. The van der Waals surface area contributed by atoms with Gasteiger partial charge in [-0.1, -0.05) is 61.7 Å². The minimum atomic E-state index is 0.0616. The molecule has 0 saturated heterocycles. The van der Waals surface area contributed by atoms with E-state index in [0.29, 0.717) is 6.79 Å². The van der Waals surface area contributed by atoms with Gasteiger partial charge in [-0.25, -0.2) is 0 Å². The summed E-state index contributed by atoms with van der Waals surface area (Å²) in [6.45, 7) is 2.01. The van der Waals surface area contributed by atoms with Crippen molar-refractivity contribution in [3.05, 3.63) is 65.2 Å². The van der Waals surface area contributed by atoms with Crippen LogP contribution in [0.25, 0.3) is 0 Å². The van der Waals surface area contributed by atoms with Crippen molar-refractivity contribution in [1.29, 1.82) is 0 Å². The molecule has 3 heteroatoms. The first-order valence-electron chi connectivity index (χ1n) is 9.53. The molecule has 1 N–H and O–H groups in total. The number of rotatable bonds is 5. The van der Waals surface area contributed by atoms with E-state index >= 15 is 0 Å². The number of benzene rings is 2. The first-order valence-corrected chi connectivity index (χ1v) is 9.53. The van der Waals surface area contributed by atoms with E-state index in [0.717, 1.165) is 30.3 Å². The second-order valence-corrected chi connectivity index (χ2v) is 7.17. The predicted octanol–water partition coefficient (Wildman–Crippen LogP) is 4.93. The van der Waals surface area contributed by atoms with E-state index in [4.69, 9.17) is 9.47 Å².